The number of hydrogen-bond donors (Lipinski definition) is 0. The first kappa shape index (κ1) is 7.36. The zero-order valence-corrected chi connectivity index (χ0v) is 7.17. The third kappa shape index (κ3) is 1.00. The molecule has 0 aromatic heterocycles. The molecule has 1 aliphatic rings. The molecule has 0 saturated heterocycles. The molecule has 60 valence electrons. The fourth-order valence-electron chi connectivity index (χ4n) is 1.46. The van der Waals surface area contributed by atoms with Crippen molar-refractivity contribution in [1.29, 1.82) is 5.26 Å². The summed E-state index contributed by atoms with van der Waals surface area (Å²) in [5, 5.41) is 8.93. The van der Waals surface area contributed by atoms with Crippen molar-refractivity contribution < 1.29 is 0 Å². The van der Waals surface area contributed by atoms with E-state index in [1.54, 1.807) is 0 Å². The van der Waals surface area contributed by atoms with Crippen molar-refractivity contribution in [3.8, 4) is 6.07 Å². The van der Waals surface area contributed by atoms with Crippen LogP contribution in [-0.2, 0) is 5.41 Å². The van der Waals surface area contributed by atoms with Gasteiger partial charge in [0.2, 0.25) is 0 Å². The first-order valence-corrected chi connectivity index (χ1v) is 4.25. The molecule has 1 aliphatic carbocycles. The first-order valence-electron chi connectivity index (χ1n) is 4.25. The van der Waals surface area contributed by atoms with Crippen LogP contribution in [0.3, 0.4) is 0 Å². The predicted octanol–water partition coefficient (Wildman–Crippen LogP) is 2.55. The second kappa shape index (κ2) is 2.35. The Bertz CT molecular complexity index is 325. The van der Waals surface area contributed by atoms with Gasteiger partial charge in [-0.25, -0.2) is 0 Å². The summed E-state index contributed by atoms with van der Waals surface area (Å²) < 4.78 is 0. The van der Waals surface area contributed by atoms with Crippen LogP contribution >= 0.6 is 0 Å². The highest BCUT2D eigenvalue weighted by atomic mass is 14.5. The van der Waals surface area contributed by atoms with Gasteiger partial charge in [-0.2, -0.15) is 5.26 Å². The van der Waals surface area contributed by atoms with Crippen LogP contribution in [-0.4, -0.2) is 0 Å². The van der Waals surface area contributed by atoms with Gasteiger partial charge < -0.3 is 0 Å². The average Bonchev–Trinajstić information content (AvgIpc) is 2.86. The molecular formula is C11H11N. The molecule has 0 N–H and O–H groups in total. The van der Waals surface area contributed by atoms with Crippen molar-refractivity contribution in [2.24, 2.45) is 0 Å². The van der Waals surface area contributed by atoms with Crippen LogP contribution in [0.4, 0.5) is 0 Å². The van der Waals surface area contributed by atoms with Crippen LogP contribution in [0.1, 0.15) is 24.0 Å². The maximum absolute atomic E-state index is 8.93. The number of nitriles is 1. The van der Waals surface area contributed by atoms with Gasteiger partial charge in [0.05, 0.1) is 11.5 Å². The predicted molar refractivity (Wildman–Crippen MR) is 47.7 cm³/mol. The third-order valence-electron chi connectivity index (χ3n) is 2.57. The Kier molecular flexibility index (Phi) is 1.44. The van der Waals surface area contributed by atoms with Crippen LogP contribution in [0.25, 0.3) is 0 Å². The Morgan fingerprint density at radius 1 is 1.25 bits per heavy atom. The van der Waals surface area contributed by atoms with Gasteiger partial charge in [0, 0.05) is 0 Å². The van der Waals surface area contributed by atoms with E-state index in [1.807, 2.05) is 0 Å². The van der Waals surface area contributed by atoms with Gasteiger partial charge in [0.25, 0.3) is 0 Å². The summed E-state index contributed by atoms with van der Waals surface area (Å²) in [6.07, 6.45) is 2.07. The molecule has 1 aromatic carbocycles. The minimum absolute atomic E-state index is 0.117. The van der Waals surface area contributed by atoms with Crippen molar-refractivity contribution in [2.75, 3.05) is 0 Å². The lowest BCUT2D eigenvalue weighted by atomic mass is 9.97. The molecule has 1 aromatic rings. The van der Waals surface area contributed by atoms with Crippen molar-refractivity contribution in [2.45, 2.75) is 25.2 Å². The maximum atomic E-state index is 8.93. The van der Waals surface area contributed by atoms with E-state index in [2.05, 4.69) is 37.3 Å². The quantitative estimate of drug-likeness (QED) is 0.614. The van der Waals surface area contributed by atoms with Gasteiger partial charge in [-0.05, 0) is 25.3 Å². The van der Waals surface area contributed by atoms with E-state index in [-0.39, 0.29) is 5.41 Å². The molecule has 0 bridgehead atoms. The summed E-state index contributed by atoms with van der Waals surface area (Å²) >= 11 is 0. The van der Waals surface area contributed by atoms with Gasteiger partial charge in [-0.3, -0.25) is 0 Å². The smallest absolute Gasteiger partial charge is 0.0823 e. The van der Waals surface area contributed by atoms with Gasteiger partial charge in [-0.15, -0.1) is 0 Å². The van der Waals surface area contributed by atoms with Crippen LogP contribution in [0, 0.1) is 18.3 Å². The minimum Gasteiger partial charge on any atom is -0.197 e. The average molecular weight is 157 g/mol. The van der Waals surface area contributed by atoms with E-state index < -0.39 is 0 Å². The summed E-state index contributed by atoms with van der Waals surface area (Å²) in [4.78, 5) is 0. The van der Waals surface area contributed by atoms with Gasteiger partial charge >= 0.3 is 0 Å². The second-order valence-electron chi connectivity index (χ2n) is 3.56. The van der Waals surface area contributed by atoms with Gasteiger partial charge in [0.15, 0.2) is 0 Å². The van der Waals surface area contributed by atoms with Crippen LogP contribution in [0.15, 0.2) is 24.3 Å². The maximum Gasteiger partial charge on any atom is 0.0823 e. The topological polar surface area (TPSA) is 23.8 Å². The summed E-state index contributed by atoms with van der Waals surface area (Å²) in [6.45, 7) is 2.07. The van der Waals surface area contributed by atoms with Crippen molar-refractivity contribution in [3.05, 3.63) is 35.4 Å². The Morgan fingerprint density at radius 3 is 2.25 bits per heavy atom. The molecule has 0 atom stereocenters. The van der Waals surface area contributed by atoms with Crippen molar-refractivity contribution in [3.63, 3.8) is 0 Å². The second-order valence-corrected chi connectivity index (χ2v) is 3.56. The number of benzene rings is 1. The van der Waals surface area contributed by atoms with E-state index in [1.165, 1.54) is 11.1 Å². The normalized spacial score (nSPS) is 18.3. The van der Waals surface area contributed by atoms with Crippen LogP contribution in [0.5, 0.6) is 0 Å². The Hall–Kier alpha value is -1.29. The Balaban J connectivity index is 2.37. The molecule has 0 heterocycles. The molecule has 12 heavy (non-hydrogen) atoms. The Morgan fingerprint density at radius 2 is 1.83 bits per heavy atom. The molecule has 0 radical (unpaired) electrons. The zero-order chi connectivity index (χ0) is 8.60. The SMILES string of the molecule is Cc1ccc(C2(C#N)CC2)cc1. The highest BCUT2D eigenvalue weighted by Gasteiger charge is 2.44. The fraction of sp³-hybridized carbons (Fsp3) is 0.364. The van der Waals surface area contributed by atoms with E-state index in [9.17, 15) is 0 Å². The van der Waals surface area contributed by atoms with Crippen LogP contribution in [0.2, 0.25) is 0 Å². The number of aryl methyl sites for hydroxylation is 1. The van der Waals surface area contributed by atoms with E-state index in [0.717, 1.165) is 12.8 Å². The lowest BCUT2D eigenvalue weighted by Gasteiger charge is -2.04. The largest absolute Gasteiger partial charge is 0.197 e. The number of nitrogens with zero attached hydrogens (tertiary/aromatic N) is 1. The monoisotopic (exact) mass is 157 g/mol. The minimum atomic E-state index is -0.117. The number of rotatable bonds is 1. The van der Waals surface area contributed by atoms with Crippen LogP contribution < -0.4 is 0 Å². The molecule has 1 fully saturated rings. The van der Waals surface area contributed by atoms with Gasteiger partial charge in [-0.1, -0.05) is 29.8 Å². The third-order valence-corrected chi connectivity index (χ3v) is 2.57. The molecule has 2 rings (SSSR count). The standard InChI is InChI=1S/C11H11N/c1-9-2-4-10(5-3-9)11(8-12)6-7-11/h2-5H,6-7H2,1H3. The Labute approximate surface area is 72.6 Å². The number of hydrogen-bond acceptors (Lipinski definition) is 1. The molecule has 0 unspecified atom stereocenters. The highest BCUT2D eigenvalue weighted by Crippen LogP contribution is 2.47. The summed E-state index contributed by atoms with van der Waals surface area (Å²) in [5.74, 6) is 0. The molecule has 1 nitrogen and oxygen atoms in total. The zero-order valence-electron chi connectivity index (χ0n) is 7.17. The van der Waals surface area contributed by atoms with Crippen molar-refractivity contribution >= 4 is 0 Å². The summed E-state index contributed by atoms with van der Waals surface area (Å²) in [6, 6.07) is 10.7. The van der Waals surface area contributed by atoms with E-state index in [0.29, 0.717) is 0 Å². The molecule has 0 amide bonds. The first-order chi connectivity index (χ1) is 5.77. The highest BCUT2D eigenvalue weighted by molar-refractivity contribution is 5.39. The van der Waals surface area contributed by atoms with E-state index in [4.69, 9.17) is 5.26 Å². The molecule has 0 spiro atoms. The summed E-state index contributed by atoms with van der Waals surface area (Å²) in [5.41, 5.74) is 2.33. The molecule has 1 heteroatoms. The van der Waals surface area contributed by atoms with Gasteiger partial charge in [0.1, 0.15) is 0 Å². The summed E-state index contributed by atoms with van der Waals surface area (Å²) in [7, 11) is 0. The fourth-order valence-corrected chi connectivity index (χ4v) is 1.46. The van der Waals surface area contributed by atoms with Crippen molar-refractivity contribution in [1.82, 2.24) is 0 Å². The molecular weight excluding hydrogens is 146 g/mol. The van der Waals surface area contributed by atoms with E-state index >= 15 is 0 Å². The lowest BCUT2D eigenvalue weighted by Crippen LogP contribution is -2.01. The molecule has 1 saturated carbocycles. The molecule has 0 aliphatic heterocycles. The lowest BCUT2D eigenvalue weighted by molar-refractivity contribution is 0.907.